The number of amides is 1. The first kappa shape index (κ1) is 15.9. The van der Waals surface area contributed by atoms with E-state index in [9.17, 15) is 14.9 Å². The van der Waals surface area contributed by atoms with Gasteiger partial charge in [0.05, 0.1) is 4.92 Å². The topological polar surface area (TPSA) is 66.7 Å². The van der Waals surface area contributed by atoms with E-state index in [0.29, 0.717) is 0 Å². The first-order chi connectivity index (χ1) is 11.0. The molecule has 6 heteroatoms. The lowest BCUT2D eigenvalue weighted by molar-refractivity contribution is -0.384. The number of benzene rings is 1. The molecule has 2 aliphatic rings. The minimum atomic E-state index is -0.367. The van der Waals surface area contributed by atoms with Crippen LogP contribution < -0.4 is 0 Å². The molecular formula is C17H23N3O3. The van der Waals surface area contributed by atoms with Gasteiger partial charge in [-0.05, 0) is 31.4 Å². The summed E-state index contributed by atoms with van der Waals surface area (Å²) in [6, 6.07) is 6.83. The summed E-state index contributed by atoms with van der Waals surface area (Å²) in [6.07, 6.45) is 3.43. The second kappa shape index (κ2) is 6.28. The highest BCUT2D eigenvalue weighted by molar-refractivity contribution is 5.73. The lowest BCUT2D eigenvalue weighted by Crippen LogP contribution is -2.44. The van der Waals surface area contributed by atoms with Gasteiger partial charge in [-0.3, -0.25) is 19.8 Å². The molecule has 3 rings (SSSR count). The van der Waals surface area contributed by atoms with Gasteiger partial charge in [-0.1, -0.05) is 12.1 Å². The van der Waals surface area contributed by atoms with E-state index < -0.39 is 0 Å². The Bertz CT molecular complexity index is 602. The van der Waals surface area contributed by atoms with Crippen LogP contribution in [0.2, 0.25) is 0 Å². The molecule has 1 aromatic rings. The first-order valence-electron chi connectivity index (χ1n) is 8.19. The number of carbonyl (C=O) groups excluding carboxylic acids is 1. The van der Waals surface area contributed by atoms with Crippen molar-refractivity contribution in [3.8, 4) is 0 Å². The fraction of sp³-hybridized carbons (Fsp3) is 0.588. The molecule has 2 heterocycles. The molecule has 0 aliphatic carbocycles. The lowest BCUT2D eigenvalue weighted by Gasteiger charge is -2.40. The number of nitro benzene ring substituents is 1. The molecule has 2 saturated heterocycles. The number of nitro groups is 1. The second-order valence-corrected chi connectivity index (χ2v) is 6.93. The Hall–Kier alpha value is -1.95. The molecule has 0 aromatic heterocycles. The zero-order chi connectivity index (χ0) is 16.4. The monoisotopic (exact) mass is 317 g/mol. The Labute approximate surface area is 136 Å². The van der Waals surface area contributed by atoms with Gasteiger partial charge in [-0.15, -0.1) is 0 Å². The van der Waals surface area contributed by atoms with E-state index in [4.69, 9.17) is 0 Å². The highest BCUT2D eigenvalue weighted by atomic mass is 16.6. The molecule has 2 fully saturated rings. The van der Waals surface area contributed by atoms with Crippen LogP contribution in [0, 0.1) is 15.5 Å². The number of carbonyl (C=O) groups is 1. The predicted octanol–water partition coefficient (Wildman–Crippen LogP) is 2.43. The van der Waals surface area contributed by atoms with E-state index in [1.165, 1.54) is 6.42 Å². The van der Waals surface area contributed by atoms with Gasteiger partial charge in [-0.25, -0.2) is 0 Å². The van der Waals surface area contributed by atoms with E-state index in [-0.39, 0.29) is 21.9 Å². The van der Waals surface area contributed by atoms with Crippen molar-refractivity contribution < 1.29 is 9.72 Å². The van der Waals surface area contributed by atoms with Crippen LogP contribution in [0.15, 0.2) is 24.3 Å². The SMILES string of the molecule is CC(=O)N1CC[C@]2(CCCN(Cc3ccc([N+](=O)[O-])cc3)C2)C1. The van der Waals surface area contributed by atoms with E-state index in [0.717, 1.165) is 51.1 Å². The summed E-state index contributed by atoms with van der Waals surface area (Å²) in [5.74, 6) is 0.175. The van der Waals surface area contributed by atoms with Crippen LogP contribution in [0.5, 0.6) is 0 Å². The van der Waals surface area contributed by atoms with Gasteiger partial charge in [0.25, 0.3) is 5.69 Å². The third-order valence-electron chi connectivity index (χ3n) is 5.18. The molecule has 2 aliphatic heterocycles. The fourth-order valence-corrected chi connectivity index (χ4v) is 3.96. The number of nitrogens with zero attached hydrogens (tertiary/aromatic N) is 3. The van der Waals surface area contributed by atoms with Gasteiger partial charge >= 0.3 is 0 Å². The van der Waals surface area contributed by atoms with Crippen molar-refractivity contribution in [2.24, 2.45) is 5.41 Å². The predicted molar refractivity (Wildman–Crippen MR) is 86.9 cm³/mol. The van der Waals surface area contributed by atoms with Crippen LogP contribution in [-0.4, -0.2) is 46.8 Å². The van der Waals surface area contributed by atoms with E-state index >= 15 is 0 Å². The Morgan fingerprint density at radius 2 is 1.96 bits per heavy atom. The van der Waals surface area contributed by atoms with Crippen molar-refractivity contribution in [3.05, 3.63) is 39.9 Å². The third kappa shape index (κ3) is 3.52. The van der Waals surface area contributed by atoms with Crippen molar-refractivity contribution in [1.29, 1.82) is 0 Å². The summed E-state index contributed by atoms with van der Waals surface area (Å²) in [5.41, 5.74) is 1.48. The molecule has 0 bridgehead atoms. The van der Waals surface area contributed by atoms with Crippen LogP contribution in [0.25, 0.3) is 0 Å². The van der Waals surface area contributed by atoms with Crippen LogP contribution in [0.3, 0.4) is 0 Å². The molecule has 1 aromatic carbocycles. The van der Waals surface area contributed by atoms with Crippen molar-refractivity contribution >= 4 is 11.6 Å². The Balaban J connectivity index is 1.63. The van der Waals surface area contributed by atoms with Crippen molar-refractivity contribution in [2.45, 2.75) is 32.7 Å². The van der Waals surface area contributed by atoms with E-state index in [1.807, 2.05) is 17.0 Å². The summed E-state index contributed by atoms with van der Waals surface area (Å²) in [7, 11) is 0. The van der Waals surface area contributed by atoms with Crippen LogP contribution in [0.1, 0.15) is 31.7 Å². The number of non-ortho nitro benzene ring substituents is 1. The fourth-order valence-electron chi connectivity index (χ4n) is 3.96. The average molecular weight is 317 g/mol. The summed E-state index contributed by atoms with van der Waals surface area (Å²) in [6.45, 7) is 6.28. The molecular weight excluding hydrogens is 294 g/mol. The van der Waals surface area contributed by atoms with Gasteiger partial charge in [0.2, 0.25) is 5.91 Å². The highest BCUT2D eigenvalue weighted by Crippen LogP contribution is 2.39. The van der Waals surface area contributed by atoms with E-state index in [1.54, 1.807) is 19.1 Å². The molecule has 6 nitrogen and oxygen atoms in total. The van der Waals surface area contributed by atoms with Crippen molar-refractivity contribution in [1.82, 2.24) is 9.80 Å². The molecule has 0 radical (unpaired) electrons. The van der Waals surface area contributed by atoms with E-state index in [2.05, 4.69) is 4.90 Å². The molecule has 1 spiro atoms. The molecule has 0 N–H and O–H groups in total. The third-order valence-corrected chi connectivity index (χ3v) is 5.18. The summed E-state index contributed by atoms with van der Waals surface area (Å²) >= 11 is 0. The second-order valence-electron chi connectivity index (χ2n) is 6.93. The molecule has 23 heavy (non-hydrogen) atoms. The Morgan fingerprint density at radius 1 is 1.22 bits per heavy atom. The Morgan fingerprint density at radius 3 is 2.57 bits per heavy atom. The van der Waals surface area contributed by atoms with Crippen molar-refractivity contribution in [3.63, 3.8) is 0 Å². The largest absolute Gasteiger partial charge is 0.342 e. The number of hydrogen-bond acceptors (Lipinski definition) is 4. The lowest BCUT2D eigenvalue weighted by atomic mass is 9.79. The molecule has 124 valence electrons. The zero-order valence-corrected chi connectivity index (χ0v) is 13.5. The zero-order valence-electron chi connectivity index (χ0n) is 13.5. The summed E-state index contributed by atoms with van der Waals surface area (Å²) < 4.78 is 0. The van der Waals surface area contributed by atoms with Crippen molar-refractivity contribution in [2.75, 3.05) is 26.2 Å². The number of likely N-dealkylation sites (tertiary alicyclic amines) is 2. The van der Waals surface area contributed by atoms with Crippen LogP contribution >= 0.6 is 0 Å². The maximum atomic E-state index is 11.6. The maximum absolute atomic E-state index is 11.6. The summed E-state index contributed by atoms with van der Waals surface area (Å²) in [4.78, 5) is 26.3. The molecule has 0 saturated carbocycles. The first-order valence-corrected chi connectivity index (χ1v) is 8.19. The molecule has 1 atom stereocenters. The van der Waals surface area contributed by atoms with Gasteiger partial charge in [0.1, 0.15) is 0 Å². The minimum absolute atomic E-state index is 0.136. The van der Waals surface area contributed by atoms with Gasteiger partial charge in [0.15, 0.2) is 0 Å². The number of piperidine rings is 1. The van der Waals surface area contributed by atoms with Gasteiger partial charge in [-0.2, -0.15) is 0 Å². The highest BCUT2D eigenvalue weighted by Gasteiger charge is 2.41. The standard InChI is InChI=1S/C17H23N3O3/c1-14(21)19-10-8-17(13-19)7-2-9-18(12-17)11-15-3-5-16(6-4-15)20(22)23/h3-6H,2,7-13H2,1H3/t17-/m0/s1. The Kier molecular flexibility index (Phi) is 4.35. The molecule has 0 unspecified atom stereocenters. The smallest absolute Gasteiger partial charge is 0.269 e. The average Bonchev–Trinajstić information content (AvgIpc) is 2.91. The van der Waals surface area contributed by atoms with Crippen LogP contribution in [-0.2, 0) is 11.3 Å². The number of rotatable bonds is 3. The quantitative estimate of drug-likeness (QED) is 0.634. The number of hydrogen-bond donors (Lipinski definition) is 0. The van der Waals surface area contributed by atoms with Gasteiger partial charge < -0.3 is 4.90 Å². The summed E-state index contributed by atoms with van der Waals surface area (Å²) in [5, 5.41) is 10.7. The minimum Gasteiger partial charge on any atom is -0.342 e. The maximum Gasteiger partial charge on any atom is 0.269 e. The van der Waals surface area contributed by atoms with Gasteiger partial charge in [0, 0.05) is 50.7 Å². The normalized spacial score (nSPS) is 25.0. The molecule has 1 amide bonds. The van der Waals surface area contributed by atoms with Crippen LogP contribution in [0.4, 0.5) is 5.69 Å².